The minimum Gasteiger partial charge on any atom is -0.340 e. The first-order chi connectivity index (χ1) is 13.5. The van der Waals surface area contributed by atoms with Crippen LogP contribution in [-0.2, 0) is 0 Å². The smallest absolute Gasteiger partial charge is 0.223 e. The Labute approximate surface area is 173 Å². The van der Waals surface area contributed by atoms with Gasteiger partial charge in [0.1, 0.15) is 5.66 Å². The Morgan fingerprint density at radius 1 is 0.857 bits per heavy atom. The Morgan fingerprint density at radius 2 is 1.43 bits per heavy atom. The van der Waals surface area contributed by atoms with Crippen LogP contribution in [0.5, 0.6) is 0 Å². The molecule has 0 aromatic rings. The van der Waals surface area contributed by atoms with Gasteiger partial charge in [0.2, 0.25) is 11.9 Å². The summed E-state index contributed by atoms with van der Waals surface area (Å²) in [5.74, 6) is 1.76. The van der Waals surface area contributed by atoms with Gasteiger partial charge >= 0.3 is 0 Å². The van der Waals surface area contributed by atoms with Crippen LogP contribution in [0.1, 0.15) is 85.0 Å². The summed E-state index contributed by atoms with van der Waals surface area (Å²) in [4.78, 5) is 14.2. The van der Waals surface area contributed by atoms with Gasteiger partial charge in [-0.15, -0.1) is 0 Å². The standard InChI is InChI=1S/C22H44N6/c1-5-6-7-8-9-10-11-12-13-14-15-23-20-24-21(26-22(2,3)25-20)28-18-16-27(4)17-19-28/h5-19H2,1-4H3,(H2,23,24,25,26). The first kappa shape index (κ1) is 23.0. The fourth-order valence-electron chi connectivity index (χ4n) is 3.77. The third kappa shape index (κ3) is 8.80. The second-order valence-corrected chi connectivity index (χ2v) is 8.99. The highest BCUT2D eigenvalue weighted by Gasteiger charge is 2.29. The Morgan fingerprint density at radius 3 is 2.04 bits per heavy atom. The molecule has 2 aliphatic rings. The molecule has 0 aromatic carbocycles. The molecule has 2 aliphatic heterocycles. The van der Waals surface area contributed by atoms with E-state index in [9.17, 15) is 0 Å². The number of nitrogens with zero attached hydrogens (tertiary/aromatic N) is 4. The number of piperazine rings is 1. The maximum Gasteiger partial charge on any atom is 0.223 e. The van der Waals surface area contributed by atoms with Crippen molar-refractivity contribution >= 4 is 11.9 Å². The monoisotopic (exact) mass is 392 g/mol. The number of nitrogens with one attached hydrogen (secondary N) is 2. The molecule has 0 aliphatic carbocycles. The molecule has 0 amide bonds. The van der Waals surface area contributed by atoms with Crippen molar-refractivity contribution in [3.63, 3.8) is 0 Å². The minimum atomic E-state index is -0.211. The van der Waals surface area contributed by atoms with Crippen LogP contribution in [0.2, 0.25) is 0 Å². The highest BCUT2D eigenvalue weighted by molar-refractivity contribution is 5.98. The van der Waals surface area contributed by atoms with E-state index in [1.807, 2.05) is 0 Å². The lowest BCUT2D eigenvalue weighted by molar-refractivity contribution is 0.206. The van der Waals surface area contributed by atoms with E-state index in [-0.39, 0.29) is 5.66 Å². The van der Waals surface area contributed by atoms with Crippen molar-refractivity contribution in [3.05, 3.63) is 0 Å². The molecule has 0 radical (unpaired) electrons. The van der Waals surface area contributed by atoms with E-state index in [0.29, 0.717) is 0 Å². The number of unbranched alkanes of at least 4 members (excludes halogenated alkanes) is 9. The molecule has 2 heterocycles. The fraction of sp³-hybridized carbons (Fsp3) is 0.909. The van der Waals surface area contributed by atoms with Crippen LogP contribution in [0.3, 0.4) is 0 Å². The van der Waals surface area contributed by atoms with Crippen LogP contribution in [-0.4, -0.2) is 67.2 Å². The Kier molecular flexibility index (Phi) is 10.1. The molecule has 1 fully saturated rings. The van der Waals surface area contributed by atoms with Crippen molar-refractivity contribution in [1.82, 2.24) is 20.4 Å². The first-order valence-electron chi connectivity index (χ1n) is 11.6. The molecule has 0 aromatic heterocycles. The van der Waals surface area contributed by atoms with Gasteiger partial charge in [0.15, 0.2) is 0 Å². The number of hydrogen-bond donors (Lipinski definition) is 2. The Hall–Kier alpha value is -1.30. The van der Waals surface area contributed by atoms with Gasteiger partial charge in [0, 0.05) is 32.7 Å². The summed E-state index contributed by atoms with van der Waals surface area (Å²) in [6.45, 7) is 11.6. The van der Waals surface area contributed by atoms with Gasteiger partial charge < -0.3 is 20.4 Å². The van der Waals surface area contributed by atoms with E-state index < -0.39 is 0 Å². The molecule has 6 heteroatoms. The number of aliphatic imine (C=N–C) groups is 2. The van der Waals surface area contributed by atoms with Crippen molar-refractivity contribution in [2.45, 2.75) is 90.6 Å². The molecule has 1 saturated heterocycles. The normalized spacial score (nSPS) is 21.4. The predicted octanol–water partition coefficient (Wildman–Crippen LogP) is 3.80. The lowest BCUT2D eigenvalue weighted by atomic mass is 10.1. The molecule has 2 rings (SSSR count). The van der Waals surface area contributed by atoms with Gasteiger partial charge in [-0.25, -0.2) is 0 Å². The highest BCUT2D eigenvalue weighted by Crippen LogP contribution is 2.11. The van der Waals surface area contributed by atoms with Gasteiger partial charge in [-0.1, -0.05) is 64.7 Å². The highest BCUT2D eigenvalue weighted by atomic mass is 15.4. The molecule has 0 spiro atoms. The van der Waals surface area contributed by atoms with Crippen LogP contribution >= 0.6 is 0 Å². The summed E-state index contributed by atoms with van der Waals surface area (Å²) in [7, 11) is 2.18. The van der Waals surface area contributed by atoms with Gasteiger partial charge in [-0.05, 0) is 27.3 Å². The van der Waals surface area contributed by atoms with Crippen molar-refractivity contribution in [2.75, 3.05) is 39.8 Å². The zero-order valence-corrected chi connectivity index (χ0v) is 18.9. The second kappa shape index (κ2) is 12.3. The summed E-state index contributed by atoms with van der Waals surface area (Å²) in [5.41, 5.74) is -0.211. The zero-order valence-electron chi connectivity index (χ0n) is 18.9. The lowest BCUT2D eigenvalue weighted by Gasteiger charge is -2.41. The van der Waals surface area contributed by atoms with Crippen molar-refractivity contribution in [3.8, 4) is 0 Å². The van der Waals surface area contributed by atoms with Gasteiger partial charge in [-0.2, -0.15) is 4.99 Å². The maximum atomic E-state index is 4.76. The van der Waals surface area contributed by atoms with Crippen LogP contribution in [0.15, 0.2) is 9.98 Å². The Balaban J connectivity index is 1.66. The SMILES string of the molecule is CCCCCCCCCCCCN=C1N=C(N2CCN(C)CC2)NC(C)(C)N1. The summed E-state index contributed by atoms with van der Waals surface area (Å²) in [5, 5.41) is 6.94. The summed E-state index contributed by atoms with van der Waals surface area (Å²) < 4.78 is 0. The molecule has 0 bridgehead atoms. The van der Waals surface area contributed by atoms with Crippen molar-refractivity contribution in [1.29, 1.82) is 0 Å². The third-order valence-corrected chi connectivity index (χ3v) is 5.64. The third-order valence-electron chi connectivity index (χ3n) is 5.64. The predicted molar refractivity (Wildman–Crippen MR) is 121 cm³/mol. The van der Waals surface area contributed by atoms with Gasteiger partial charge in [-0.3, -0.25) is 4.99 Å². The van der Waals surface area contributed by atoms with Crippen molar-refractivity contribution in [2.24, 2.45) is 9.98 Å². The van der Waals surface area contributed by atoms with Crippen LogP contribution in [0.25, 0.3) is 0 Å². The van der Waals surface area contributed by atoms with E-state index in [2.05, 4.69) is 48.3 Å². The van der Waals surface area contributed by atoms with Gasteiger partial charge in [0.05, 0.1) is 0 Å². The number of guanidine groups is 2. The minimum absolute atomic E-state index is 0.211. The second-order valence-electron chi connectivity index (χ2n) is 8.99. The largest absolute Gasteiger partial charge is 0.340 e. The van der Waals surface area contributed by atoms with E-state index in [0.717, 1.165) is 51.1 Å². The number of likely N-dealkylation sites (N-methyl/N-ethyl adjacent to an activating group) is 1. The number of hydrogen-bond acceptors (Lipinski definition) is 4. The molecule has 0 saturated carbocycles. The molecular weight excluding hydrogens is 348 g/mol. The van der Waals surface area contributed by atoms with Gasteiger partial charge in [0.25, 0.3) is 0 Å². The molecule has 2 N–H and O–H groups in total. The topological polar surface area (TPSA) is 55.3 Å². The average Bonchev–Trinajstić information content (AvgIpc) is 2.65. The van der Waals surface area contributed by atoms with E-state index in [4.69, 9.17) is 9.98 Å². The summed E-state index contributed by atoms with van der Waals surface area (Å²) in [6, 6.07) is 0. The quantitative estimate of drug-likeness (QED) is 0.525. The molecular formula is C22H44N6. The van der Waals surface area contributed by atoms with E-state index in [1.165, 1.54) is 57.8 Å². The number of rotatable bonds is 11. The molecule has 0 unspecified atom stereocenters. The maximum absolute atomic E-state index is 4.76. The average molecular weight is 393 g/mol. The molecule has 0 atom stereocenters. The molecule has 162 valence electrons. The van der Waals surface area contributed by atoms with Crippen LogP contribution in [0, 0.1) is 0 Å². The Bertz CT molecular complexity index is 491. The van der Waals surface area contributed by atoms with E-state index >= 15 is 0 Å². The summed E-state index contributed by atoms with van der Waals surface area (Å²) in [6.07, 6.45) is 13.6. The molecule has 6 nitrogen and oxygen atoms in total. The lowest BCUT2D eigenvalue weighted by Crippen LogP contribution is -2.65. The van der Waals surface area contributed by atoms with Crippen LogP contribution in [0.4, 0.5) is 0 Å². The van der Waals surface area contributed by atoms with Crippen molar-refractivity contribution < 1.29 is 0 Å². The van der Waals surface area contributed by atoms with Crippen LogP contribution < -0.4 is 10.6 Å². The fourth-order valence-corrected chi connectivity index (χ4v) is 3.77. The summed E-state index contributed by atoms with van der Waals surface area (Å²) >= 11 is 0. The van der Waals surface area contributed by atoms with E-state index in [1.54, 1.807) is 0 Å². The zero-order chi connectivity index (χ0) is 20.2. The first-order valence-corrected chi connectivity index (χ1v) is 11.6. The molecule has 28 heavy (non-hydrogen) atoms.